The largest absolute Gasteiger partial charge is 0.392 e. The summed E-state index contributed by atoms with van der Waals surface area (Å²) in [6.45, 7) is 2.27. The van der Waals surface area contributed by atoms with E-state index in [1.807, 2.05) is 13.0 Å². The second-order valence-electron chi connectivity index (χ2n) is 4.59. The number of aliphatic hydroxyl groups excluding tert-OH is 1. The third kappa shape index (κ3) is 2.86. The van der Waals surface area contributed by atoms with E-state index in [2.05, 4.69) is 0 Å². The monoisotopic (exact) mass is 285 g/mol. The van der Waals surface area contributed by atoms with Gasteiger partial charge in [0.1, 0.15) is 10.7 Å². The Morgan fingerprint density at radius 3 is 2.68 bits per heavy atom. The van der Waals surface area contributed by atoms with Gasteiger partial charge in [-0.15, -0.1) is 0 Å². The molecule has 0 spiro atoms. The standard InChI is InChI=1S/C13H16FNO3S/c1-10-4-6-15(7-5-10)19(17,18)13-3-2-11(9-16)8-12(13)14/h2-4,8,16H,5-7,9H2,1H3. The van der Waals surface area contributed by atoms with Crippen molar-refractivity contribution >= 4 is 10.0 Å². The summed E-state index contributed by atoms with van der Waals surface area (Å²) < 4.78 is 39.7. The Morgan fingerprint density at radius 2 is 2.16 bits per heavy atom. The second kappa shape index (κ2) is 5.40. The second-order valence-corrected chi connectivity index (χ2v) is 6.49. The van der Waals surface area contributed by atoms with E-state index in [-0.39, 0.29) is 18.0 Å². The first-order chi connectivity index (χ1) is 8.95. The Balaban J connectivity index is 2.35. The van der Waals surface area contributed by atoms with Gasteiger partial charge in [-0.1, -0.05) is 17.7 Å². The minimum Gasteiger partial charge on any atom is -0.392 e. The molecule has 0 aromatic heterocycles. The fourth-order valence-corrected chi connectivity index (χ4v) is 3.39. The van der Waals surface area contributed by atoms with Crippen LogP contribution >= 0.6 is 0 Å². The molecule has 1 N–H and O–H groups in total. The molecule has 0 unspecified atom stereocenters. The van der Waals surface area contributed by atoms with Crippen LogP contribution in [-0.2, 0) is 16.6 Å². The van der Waals surface area contributed by atoms with Crippen molar-refractivity contribution < 1.29 is 17.9 Å². The van der Waals surface area contributed by atoms with Gasteiger partial charge in [-0.05, 0) is 31.0 Å². The van der Waals surface area contributed by atoms with E-state index in [0.717, 1.165) is 11.6 Å². The van der Waals surface area contributed by atoms with Gasteiger partial charge in [0, 0.05) is 13.1 Å². The maximum absolute atomic E-state index is 13.8. The molecule has 1 aliphatic rings. The molecular weight excluding hydrogens is 269 g/mol. The third-order valence-corrected chi connectivity index (χ3v) is 5.09. The molecule has 0 radical (unpaired) electrons. The Kier molecular flexibility index (Phi) is 4.03. The number of sulfonamides is 1. The zero-order valence-electron chi connectivity index (χ0n) is 10.6. The lowest BCUT2D eigenvalue weighted by atomic mass is 10.1. The van der Waals surface area contributed by atoms with Gasteiger partial charge in [0.05, 0.1) is 6.61 Å². The first-order valence-corrected chi connectivity index (χ1v) is 7.44. The number of rotatable bonds is 3. The molecule has 1 aliphatic heterocycles. The molecule has 0 atom stereocenters. The molecule has 4 nitrogen and oxygen atoms in total. The highest BCUT2D eigenvalue weighted by Crippen LogP contribution is 2.23. The lowest BCUT2D eigenvalue weighted by Gasteiger charge is -2.25. The van der Waals surface area contributed by atoms with Gasteiger partial charge in [0.25, 0.3) is 0 Å². The Bertz CT molecular complexity index is 610. The number of hydrogen-bond donors (Lipinski definition) is 1. The quantitative estimate of drug-likeness (QED) is 0.859. The SMILES string of the molecule is CC1=CCN(S(=O)(=O)c2ccc(CO)cc2F)CC1. The van der Waals surface area contributed by atoms with Gasteiger partial charge in [0.15, 0.2) is 0 Å². The highest BCUT2D eigenvalue weighted by Gasteiger charge is 2.28. The number of halogens is 1. The van der Waals surface area contributed by atoms with E-state index in [4.69, 9.17) is 5.11 Å². The highest BCUT2D eigenvalue weighted by molar-refractivity contribution is 7.89. The molecule has 0 bridgehead atoms. The van der Waals surface area contributed by atoms with Gasteiger partial charge in [-0.3, -0.25) is 0 Å². The molecule has 1 heterocycles. The van der Waals surface area contributed by atoms with Crippen molar-refractivity contribution in [3.63, 3.8) is 0 Å². The van der Waals surface area contributed by atoms with Crippen LogP contribution in [-0.4, -0.2) is 30.9 Å². The summed E-state index contributed by atoms with van der Waals surface area (Å²) in [6, 6.07) is 3.68. The first-order valence-electron chi connectivity index (χ1n) is 6.00. The summed E-state index contributed by atoms with van der Waals surface area (Å²) in [5.74, 6) is -0.821. The molecule has 0 aliphatic carbocycles. The fourth-order valence-electron chi connectivity index (χ4n) is 1.96. The predicted octanol–water partition coefficient (Wildman–Crippen LogP) is 1.66. The number of hydrogen-bond acceptors (Lipinski definition) is 3. The molecule has 0 saturated heterocycles. The average Bonchev–Trinajstić information content (AvgIpc) is 2.38. The molecule has 0 amide bonds. The van der Waals surface area contributed by atoms with Gasteiger partial charge >= 0.3 is 0 Å². The lowest BCUT2D eigenvalue weighted by Crippen LogP contribution is -2.35. The lowest BCUT2D eigenvalue weighted by molar-refractivity contribution is 0.281. The van der Waals surface area contributed by atoms with Gasteiger partial charge in [-0.25, -0.2) is 12.8 Å². The van der Waals surface area contributed by atoms with Gasteiger partial charge < -0.3 is 5.11 Å². The van der Waals surface area contributed by atoms with Crippen LogP contribution < -0.4 is 0 Å². The van der Waals surface area contributed by atoms with E-state index in [1.165, 1.54) is 16.4 Å². The van der Waals surface area contributed by atoms with Crippen molar-refractivity contribution in [3.05, 3.63) is 41.2 Å². The zero-order chi connectivity index (χ0) is 14.0. The number of aliphatic hydroxyl groups is 1. The molecule has 0 fully saturated rings. The molecular formula is C13H16FNO3S. The maximum atomic E-state index is 13.8. The summed E-state index contributed by atoms with van der Waals surface area (Å²) in [5, 5.41) is 8.90. The van der Waals surface area contributed by atoms with E-state index in [0.29, 0.717) is 18.5 Å². The number of nitrogens with zero attached hydrogens (tertiary/aromatic N) is 1. The first kappa shape index (κ1) is 14.2. The van der Waals surface area contributed by atoms with E-state index in [9.17, 15) is 12.8 Å². The predicted molar refractivity (Wildman–Crippen MR) is 69.5 cm³/mol. The van der Waals surface area contributed by atoms with Crippen LogP contribution in [0, 0.1) is 5.82 Å². The van der Waals surface area contributed by atoms with Crippen molar-refractivity contribution in [2.45, 2.75) is 24.8 Å². The summed E-state index contributed by atoms with van der Waals surface area (Å²) in [6.07, 6.45) is 2.50. The molecule has 19 heavy (non-hydrogen) atoms. The van der Waals surface area contributed by atoms with Gasteiger partial charge in [-0.2, -0.15) is 4.31 Å². The molecule has 2 rings (SSSR count). The normalized spacial score (nSPS) is 17.3. The van der Waals surface area contributed by atoms with E-state index < -0.39 is 15.8 Å². The van der Waals surface area contributed by atoms with Gasteiger partial charge in [0.2, 0.25) is 10.0 Å². The Labute approximate surface area is 112 Å². The van der Waals surface area contributed by atoms with Crippen LogP contribution in [0.15, 0.2) is 34.7 Å². The minimum atomic E-state index is -3.81. The molecule has 1 aromatic carbocycles. The molecule has 0 saturated carbocycles. The van der Waals surface area contributed by atoms with Crippen LogP contribution in [0.5, 0.6) is 0 Å². The van der Waals surface area contributed by atoms with Crippen molar-refractivity contribution in [1.82, 2.24) is 4.31 Å². The topological polar surface area (TPSA) is 57.6 Å². The van der Waals surface area contributed by atoms with E-state index >= 15 is 0 Å². The average molecular weight is 285 g/mol. The third-order valence-electron chi connectivity index (χ3n) is 3.20. The van der Waals surface area contributed by atoms with Crippen molar-refractivity contribution in [3.8, 4) is 0 Å². The fraction of sp³-hybridized carbons (Fsp3) is 0.385. The highest BCUT2D eigenvalue weighted by atomic mass is 32.2. The smallest absolute Gasteiger partial charge is 0.246 e. The van der Waals surface area contributed by atoms with Crippen LogP contribution in [0.4, 0.5) is 4.39 Å². The summed E-state index contributed by atoms with van der Waals surface area (Å²) in [5.41, 5.74) is 1.49. The van der Waals surface area contributed by atoms with Crippen molar-refractivity contribution in [2.75, 3.05) is 13.1 Å². The summed E-state index contributed by atoms with van der Waals surface area (Å²) in [7, 11) is -3.81. The zero-order valence-corrected chi connectivity index (χ0v) is 11.5. The van der Waals surface area contributed by atoms with Crippen LogP contribution in [0.2, 0.25) is 0 Å². The Morgan fingerprint density at radius 1 is 1.42 bits per heavy atom. The Hall–Kier alpha value is -1.24. The van der Waals surface area contributed by atoms with Crippen molar-refractivity contribution in [1.29, 1.82) is 0 Å². The molecule has 6 heteroatoms. The van der Waals surface area contributed by atoms with Crippen LogP contribution in [0.1, 0.15) is 18.9 Å². The van der Waals surface area contributed by atoms with E-state index in [1.54, 1.807) is 0 Å². The molecule has 1 aromatic rings. The van der Waals surface area contributed by atoms with Crippen LogP contribution in [0.25, 0.3) is 0 Å². The van der Waals surface area contributed by atoms with Crippen LogP contribution in [0.3, 0.4) is 0 Å². The molecule has 104 valence electrons. The minimum absolute atomic E-state index is 0.273. The summed E-state index contributed by atoms with van der Waals surface area (Å²) in [4.78, 5) is -0.336. The maximum Gasteiger partial charge on any atom is 0.246 e. The summed E-state index contributed by atoms with van der Waals surface area (Å²) >= 11 is 0. The van der Waals surface area contributed by atoms with Crippen molar-refractivity contribution in [2.24, 2.45) is 0 Å². The number of benzene rings is 1.